The van der Waals surface area contributed by atoms with Crippen molar-refractivity contribution in [2.45, 2.75) is 32.6 Å². The Morgan fingerprint density at radius 2 is 2.12 bits per heavy atom. The average molecular weight is 330 g/mol. The molecule has 0 aliphatic carbocycles. The van der Waals surface area contributed by atoms with Crippen LogP contribution in [0.5, 0.6) is 0 Å². The van der Waals surface area contributed by atoms with Crippen LogP contribution in [0.15, 0.2) is 30.6 Å². The Morgan fingerprint density at radius 1 is 1.33 bits per heavy atom. The summed E-state index contributed by atoms with van der Waals surface area (Å²) in [6.07, 6.45) is 3.67. The highest BCUT2D eigenvalue weighted by atomic mass is 16.5. The molecule has 8 heteroatoms. The van der Waals surface area contributed by atoms with Gasteiger partial charge in [-0.3, -0.25) is 5.10 Å². The van der Waals surface area contributed by atoms with Crippen LogP contribution in [-0.2, 0) is 11.3 Å². The van der Waals surface area contributed by atoms with Gasteiger partial charge in [0.2, 0.25) is 0 Å². The number of ether oxygens (including phenoxy) is 1. The summed E-state index contributed by atoms with van der Waals surface area (Å²) >= 11 is 0. The van der Waals surface area contributed by atoms with Gasteiger partial charge in [-0.2, -0.15) is 5.10 Å². The molecule has 1 saturated heterocycles. The molecule has 3 N–H and O–H groups in total. The van der Waals surface area contributed by atoms with Crippen LogP contribution in [0, 0.1) is 0 Å². The topological polar surface area (TPSA) is 95.2 Å². The highest BCUT2D eigenvalue weighted by Crippen LogP contribution is 2.19. The van der Waals surface area contributed by atoms with Gasteiger partial charge in [0, 0.05) is 19.3 Å². The Labute approximate surface area is 140 Å². The minimum Gasteiger partial charge on any atom is -0.372 e. The molecule has 2 atom stereocenters. The number of amides is 2. The molecule has 24 heavy (non-hydrogen) atoms. The lowest BCUT2D eigenvalue weighted by molar-refractivity contribution is -0.00545. The van der Waals surface area contributed by atoms with Crippen LogP contribution >= 0.6 is 0 Å². The fourth-order valence-electron chi connectivity index (χ4n) is 2.75. The Bertz CT molecular complexity index is 648. The molecule has 1 fully saturated rings. The number of aromatic nitrogens is 3. The summed E-state index contributed by atoms with van der Waals surface area (Å²) in [6, 6.07) is 5.28. The molecule has 2 aromatic rings. The summed E-state index contributed by atoms with van der Waals surface area (Å²) in [6.45, 7) is 6.13. The van der Waals surface area contributed by atoms with E-state index < -0.39 is 0 Å². The van der Waals surface area contributed by atoms with Crippen molar-refractivity contribution in [2.75, 3.05) is 23.3 Å². The number of anilines is 2. The second-order valence-corrected chi connectivity index (χ2v) is 5.96. The zero-order valence-electron chi connectivity index (χ0n) is 13.8. The molecule has 0 radical (unpaired) electrons. The fourth-order valence-corrected chi connectivity index (χ4v) is 2.75. The van der Waals surface area contributed by atoms with E-state index in [1.807, 2.05) is 12.1 Å². The predicted molar refractivity (Wildman–Crippen MR) is 90.9 cm³/mol. The van der Waals surface area contributed by atoms with Crippen LogP contribution in [0.3, 0.4) is 0 Å². The molecule has 0 bridgehead atoms. The van der Waals surface area contributed by atoms with Gasteiger partial charge in [0.25, 0.3) is 0 Å². The lowest BCUT2D eigenvalue weighted by Gasteiger charge is -2.36. The third kappa shape index (κ3) is 4.23. The largest absolute Gasteiger partial charge is 0.372 e. The lowest BCUT2D eigenvalue weighted by Crippen LogP contribution is -2.45. The number of aromatic amines is 1. The number of pyridine rings is 1. The van der Waals surface area contributed by atoms with Gasteiger partial charge in [0.05, 0.1) is 36.3 Å². The second kappa shape index (κ2) is 7.31. The summed E-state index contributed by atoms with van der Waals surface area (Å²) in [5.74, 6) is 0.889. The minimum atomic E-state index is -0.284. The number of carbonyl (C=O) groups excluding carboxylic acids is 1. The standard InChI is InChI=1S/C16H22N6O2/c1-11-9-22(10-12(2)24-11)15-4-3-13(7-17-15)20-16(23)18-8-14-5-6-19-21-14/h3-7,11-12H,8-10H2,1-2H3,(H,19,21)(H2,18,20,23). The molecular weight excluding hydrogens is 308 g/mol. The Kier molecular flexibility index (Phi) is 4.95. The summed E-state index contributed by atoms with van der Waals surface area (Å²) in [5.41, 5.74) is 1.49. The molecule has 1 aliphatic rings. The summed E-state index contributed by atoms with van der Waals surface area (Å²) in [4.78, 5) is 18.5. The van der Waals surface area contributed by atoms with Crippen molar-refractivity contribution in [3.63, 3.8) is 0 Å². The van der Waals surface area contributed by atoms with E-state index in [-0.39, 0.29) is 18.2 Å². The zero-order valence-corrected chi connectivity index (χ0v) is 13.8. The maximum absolute atomic E-state index is 11.9. The van der Waals surface area contributed by atoms with E-state index in [0.717, 1.165) is 24.6 Å². The predicted octanol–water partition coefficient (Wildman–Crippen LogP) is 1.74. The first kappa shape index (κ1) is 16.3. The van der Waals surface area contributed by atoms with Crippen LogP contribution in [0.4, 0.5) is 16.3 Å². The van der Waals surface area contributed by atoms with E-state index in [0.29, 0.717) is 12.2 Å². The molecule has 2 amide bonds. The first-order valence-corrected chi connectivity index (χ1v) is 7.99. The Morgan fingerprint density at radius 3 is 2.75 bits per heavy atom. The van der Waals surface area contributed by atoms with Crippen LogP contribution in [-0.4, -0.2) is 46.5 Å². The molecule has 0 spiro atoms. The summed E-state index contributed by atoms with van der Waals surface area (Å²) in [7, 11) is 0. The van der Waals surface area contributed by atoms with Gasteiger partial charge >= 0.3 is 6.03 Å². The number of urea groups is 1. The number of morpholine rings is 1. The molecule has 3 heterocycles. The second-order valence-electron chi connectivity index (χ2n) is 5.96. The van der Waals surface area contributed by atoms with Crippen molar-refractivity contribution >= 4 is 17.5 Å². The molecule has 0 aromatic carbocycles. The average Bonchev–Trinajstić information content (AvgIpc) is 3.06. The number of H-pyrrole nitrogens is 1. The fraction of sp³-hybridized carbons (Fsp3) is 0.438. The number of rotatable bonds is 4. The monoisotopic (exact) mass is 330 g/mol. The molecular formula is C16H22N6O2. The highest BCUT2D eigenvalue weighted by molar-refractivity contribution is 5.89. The summed E-state index contributed by atoms with van der Waals surface area (Å²) in [5, 5.41) is 12.1. The van der Waals surface area contributed by atoms with Crippen molar-refractivity contribution in [3.8, 4) is 0 Å². The lowest BCUT2D eigenvalue weighted by atomic mass is 10.2. The van der Waals surface area contributed by atoms with Crippen molar-refractivity contribution < 1.29 is 9.53 Å². The first-order valence-electron chi connectivity index (χ1n) is 7.99. The first-order chi connectivity index (χ1) is 11.6. The number of carbonyl (C=O) groups is 1. The quantitative estimate of drug-likeness (QED) is 0.794. The molecule has 8 nitrogen and oxygen atoms in total. The maximum atomic E-state index is 11.9. The van der Waals surface area contributed by atoms with Crippen molar-refractivity contribution in [2.24, 2.45) is 0 Å². The van der Waals surface area contributed by atoms with E-state index in [1.165, 1.54) is 0 Å². The van der Waals surface area contributed by atoms with Crippen LogP contribution in [0.25, 0.3) is 0 Å². The van der Waals surface area contributed by atoms with Crippen LogP contribution < -0.4 is 15.5 Å². The molecule has 2 aromatic heterocycles. The summed E-state index contributed by atoms with van der Waals surface area (Å²) < 4.78 is 5.73. The molecule has 128 valence electrons. The van der Waals surface area contributed by atoms with E-state index in [9.17, 15) is 4.79 Å². The molecule has 0 saturated carbocycles. The third-order valence-corrected chi connectivity index (χ3v) is 3.75. The van der Waals surface area contributed by atoms with Crippen molar-refractivity contribution in [1.82, 2.24) is 20.5 Å². The maximum Gasteiger partial charge on any atom is 0.319 e. The van der Waals surface area contributed by atoms with Crippen LogP contribution in [0.2, 0.25) is 0 Å². The van der Waals surface area contributed by atoms with E-state index >= 15 is 0 Å². The molecule has 3 rings (SSSR count). The van der Waals surface area contributed by atoms with Crippen molar-refractivity contribution in [3.05, 3.63) is 36.3 Å². The highest BCUT2D eigenvalue weighted by Gasteiger charge is 2.22. The van der Waals surface area contributed by atoms with Crippen molar-refractivity contribution in [1.29, 1.82) is 0 Å². The SMILES string of the molecule is CC1CN(c2ccc(NC(=O)NCc3ccn[nH]3)cn2)CC(C)O1. The molecule has 2 unspecified atom stereocenters. The van der Waals surface area contributed by atoms with E-state index in [4.69, 9.17) is 4.74 Å². The van der Waals surface area contributed by atoms with E-state index in [2.05, 4.69) is 44.6 Å². The van der Waals surface area contributed by atoms with Gasteiger partial charge < -0.3 is 20.3 Å². The number of nitrogens with one attached hydrogen (secondary N) is 3. The van der Waals surface area contributed by atoms with Gasteiger partial charge in [-0.1, -0.05) is 0 Å². The Hall–Kier alpha value is -2.61. The van der Waals surface area contributed by atoms with E-state index in [1.54, 1.807) is 18.5 Å². The smallest absolute Gasteiger partial charge is 0.319 e. The Balaban J connectivity index is 1.53. The van der Waals surface area contributed by atoms with Gasteiger partial charge in [-0.05, 0) is 32.0 Å². The van der Waals surface area contributed by atoms with Crippen LogP contribution in [0.1, 0.15) is 19.5 Å². The van der Waals surface area contributed by atoms with Gasteiger partial charge in [0.15, 0.2) is 0 Å². The van der Waals surface area contributed by atoms with Gasteiger partial charge in [0.1, 0.15) is 5.82 Å². The zero-order chi connectivity index (χ0) is 16.9. The molecule has 1 aliphatic heterocycles. The minimum absolute atomic E-state index is 0.182. The normalized spacial score (nSPS) is 20.7. The number of hydrogen-bond acceptors (Lipinski definition) is 5. The van der Waals surface area contributed by atoms with Gasteiger partial charge in [-0.15, -0.1) is 0 Å². The third-order valence-electron chi connectivity index (χ3n) is 3.75. The van der Waals surface area contributed by atoms with Gasteiger partial charge in [-0.25, -0.2) is 9.78 Å². The number of nitrogens with zero attached hydrogens (tertiary/aromatic N) is 3. The number of hydrogen-bond donors (Lipinski definition) is 3.